The van der Waals surface area contributed by atoms with E-state index in [0.717, 1.165) is 19.3 Å². The predicted octanol–water partition coefficient (Wildman–Crippen LogP) is 3.47. The molecule has 1 unspecified atom stereocenters. The molecule has 96 valence electrons. The Hall–Kier alpha value is -1.59. The van der Waals surface area contributed by atoms with E-state index < -0.39 is 5.60 Å². The Morgan fingerprint density at radius 3 is 2.56 bits per heavy atom. The van der Waals surface area contributed by atoms with Crippen molar-refractivity contribution in [3.63, 3.8) is 0 Å². The third-order valence-electron chi connectivity index (χ3n) is 2.93. The molecule has 0 aliphatic heterocycles. The molecule has 2 heteroatoms. The number of methoxy groups -OCH3 is 1. The number of Topliss-reactive ketones (excluding diaryl/α,β-unsaturated/α-hetero) is 1. The lowest BCUT2D eigenvalue weighted by Gasteiger charge is -2.21. The third-order valence-corrected chi connectivity index (χ3v) is 2.93. The highest BCUT2D eigenvalue weighted by molar-refractivity contribution is 6.09. The molecule has 0 aromatic heterocycles. The summed E-state index contributed by atoms with van der Waals surface area (Å²) in [4.78, 5) is 11.9. The molecule has 0 amide bonds. The van der Waals surface area contributed by atoms with Gasteiger partial charge in [-0.2, -0.15) is 0 Å². The zero-order valence-corrected chi connectivity index (χ0v) is 11.3. The van der Waals surface area contributed by atoms with Crippen LogP contribution in [0.25, 0.3) is 0 Å². The quantitative estimate of drug-likeness (QED) is 0.450. The molecule has 2 nitrogen and oxygen atoms in total. The summed E-state index contributed by atoms with van der Waals surface area (Å²) >= 11 is 0. The number of hydrogen-bond acceptors (Lipinski definition) is 2. The first-order chi connectivity index (χ1) is 8.61. The maximum absolute atomic E-state index is 11.9. The molecule has 1 rings (SSSR count). The monoisotopic (exact) mass is 244 g/mol. The minimum atomic E-state index is -0.527. The number of carbonyl (C=O) groups is 1. The first-order valence-electron chi connectivity index (χ1n) is 6.29. The van der Waals surface area contributed by atoms with Crippen LogP contribution < -0.4 is 0 Å². The second kappa shape index (κ2) is 6.98. The molecule has 1 aromatic carbocycles. The van der Waals surface area contributed by atoms with Gasteiger partial charge < -0.3 is 4.74 Å². The Kier molecular flexibility index (Phi) is 5.61. The fourth-order valence-corrected chi connectivity index (χ4v) is 1.58. The second-order valence-electron chi connectivity index (χ2n) is 4.48. The number of ketones is 1. The van der Waals surface area contributed by atoms with E-state index in [1.165, 1.54) is 0 Å². The van der Waals surface area contributed by atoms with Crippen LogP contribution in [0.3, 0.4) is 0 Å². The molecule has 0 radical (unpaired) electrons. The van der Waals surface area contributed by atoms with Gasteiger partial charge in [0.1, 0.15) is 5.60 Å². The van der Waals surface area contributed by atoms with Crippen molar-refractivity contribution in [2.24, 2.45) is 0 Å². The average molecular weight is 244 g/mol. The van der Waals surface area contributed by atoms with Crippen molar-refractivity contribution < 1.29 is 9.53 Å². The maximum atomic E-state index is 11.9. The highest BCUT2D eigenvalue weighted by Gasteiger charge is 2.19. The normalized spacial score (nSPS) is 13.3. The lowest BCUT2D eigenvalue weighted by atomic mass is 9.99. The van der Waals surface area contributed by atoms with Gasteiger partial charge in [-0.3, -0.25) is 4.79 Å². The number of carbonyl (C=O) groups excluding carboxylic acids is 1. The molecule has 0 bridgehead atoms. The van der Waals surface area contributed by atoms with Gasteiger partial charge in [0.2, 0.25) is 5.78 Å². The van der Waals surface area contributed by atoms with E-state index in [1.807, 2.05) is 25.1 Å². The zero-order chi connectivity index (χ0) is 13.4. The smallest absolute Gasteiger partial charge is 0.235 e. The van der Waals surface area contributed by atoms with Crippen molar-refractivity contribution in [3.05, 3.63) is 35.9 Å². The van der Waals surface area contributed by atoms with E-state index in [-0.39, 0.29) is 5.78 Å². The summed E-state index contributed by atoms with van der Waals surface area (Å²) in [6.45, 7) is 4.05. The van der Waals surface area contributed by atoms with E-state index in [9.17, 15) is 4.79 Å². The number of ether oxygens (including phenoxy) is 1. The molecule has 0 N–H and O–H groups in total. The van der Waals surface area contributed by atoms with Crippen LogP contribution in [-0.2, 0) is 4.74 Å². The van der Waals surface area contributed by atoms with Gasteiger partial charge in [-0.15, -0.1) is 0 Å². The van der Waals surface area contributed by atoms with Gasteiger partial charge in [-0.25, -0.2) is 0 Å². The van der Waals surface area contributed by atoms with E-state index in [4.69, 9.17) is 4.74 Å². The van der Waals surface area contributed by atoms with Crippen LogP contribution in [0, 0.1) is 11.8 Å². The summed E-state index contributed by atoms with van der Waals surface area (Å²) in [6, 6.07) is 9.09. The van der Waals surface area contributed by atoms with Crippen LogP contribution >= 0.6 is 0 Å². The summed E-state index contributed by atoms with van der Waals surface area (Å²) < 4.78 is 5.40. The molecule has 0 spiro atoms. The summed E-state index contributed by atoms with van der Waals surface area (Å²) in [6.07, 6.45) is 2.97. The fourth-order valence-electron chi connectivity index (χ4n) is 1.58. The van der Waals surface area contributed by atoms with E-state index in [1.54, 1.807) is 19.2 Å². The number of benzene rings is 1. The highest BCUT2D eigenvalue weighted by Crippen LogP contribution is 2.16. The first kappa shape index (κ1) is 14.5. The highest BCUT2D eigenvalue weighted by atomic mass is 16.5. The van der Waals surface area contributed by atoms with Crippen LogP contribution in [0.15, 0.2) is 30.3 Å². The van der Waals surface area contributed by atoms with Crippen molar-refractivity contribution in [3.8, 4) is 11.8 Å². The Bertz CT molecular complexity index is 439. The molecule has 1 atom stereocenters. The fraction of sp³-hybridized carbons (Fsp3) is 0.438. The summed E-state index contributed by atoms with van der Waals surface area (Å²) in [7, 11) is 1.64. The summed E-state index contributed by atoms with van der Waals surface area (Å²) in [5.74, 6) is 5.49. The Morgan fingerprint density at radius 2 is 2.00 bits per heavy atom. The number of hydrogen-bond donors (Lipinski definition) is 0. The Balaban J connectivity index is 2.77. The Morgan fingerprint density at radius 1 is 1.33 bits per heavy atom. The summed E-state index contributed by atoms with van der Waals surface area (Å²) in [5, 5.41) is 0. The molecule has 0 aliphatic rings. The van der Waals surface area contributed by atoms with Crippen molar-refractivity contribution in [2.75, 3.05) is 7.11 Å². The molecular formula is C16H20O2. The predicted molar refractivity (Wildman–Crippen MR) is 73.5 cm³/mol. The zero-order valence-electron chi connectivity index (χ0n) is 11.3. The van der Waals surface area contributed by atoms with Crippen molar-refractivity contribution >= 4 is 5.78 Å². The van der Waals surface area contributed by atoms with Crippen molar-refractivity contribution in [2.45, 2.75) is 38.7 Å². The first-order valence-corrected chi connectivity index (χ1v) is 6.29. The van der Waals surface area contributed by atoms with Crippen molar-refractivity contribution in [1.29, 1.82) is 0 Å². The van der Waals surface area contributed by atoms with Gasteiger partial charge in [0.15, 0.2) is 0 Å². The molecular weight excluding hydrogens is 224 g/mol. The number of rotatable bonds is 5. The second-order valence-corrected chi connectivity index (χ2v) is 4.48. The van der Waals surface area contributed by atoms with Gasteiger partial charge in [0, 0.05) is 12.7 Å². The van der Waals surface area contributed by atoms with Gasteiger partial charge in [-0.1, -0.05) is 49.6 Å². The topological polar surface area (TPSA) is 26.3 Å². The molecule has 0 aliphatic carbocycles. The molecule has 1 aromatic rings. The molecule has 18 heavy (non-hydrogen) atoms. The van der Waals surface area contributed by atoms with Crippen LogP contribution in [0.5, 0.6) is 0 Å². The van der Waals surface area contributed by atoms with E-state index in [0.29, 0.717) is 5.56 Å². The maximum Gasteiger partial charge on any atom is 0.235 e. The van der Waals surface area contributed by atoms with Gasteiger partial charge in [-0.05, 0) is 25.7 Å². The largest absolute Gasteiger partial charge is 0.366 e. The van der Waals surface area contributed by atoms with E-state index in [2.05, 4.69) is 18.8 Å². The van der Waals surface area contributed by atoms with Crippen LogP contribution in [0.4, 0.5) is 0 Å². The number of unbranched alkanes of at least 4 members (excludes halogenated alkanes) is 1. The Labute approximate surface area is 109 Å². The van der Waals surface area contributed by atoms with Gasteiger partial charge in [0.05, 0.1) is 0 Å². The molecule has 0 saturated heterocycles. The SMILES string of the molecule is CCCCC(C)(C#CC(=O)c1ccccc1)OC. The van der Waals surface area contributed by atoms with Gasteiger partial charge in [0.25, 0.3) is 0 Å². The average Bonchev–Trinajstić information content (AvgIpc) is 2.43. The van der Waals surface area contributed by atoms with E-state index >= 15 is 0 Å². The molecule has 0 fully saturated rings. The lowest BCUT2D eigenvalue weighted by Crippen LogP contribution is -2.25. The molecule has 0 heterocycles. The standard InChI is InChI=1S/C16H20O2/c1-4-5-12-16(2,18-3)13-11-15(17)14-9-7-6-8-10-14/h6-10H,4-5,12H2,1-3H3. The van der Waals surface area contributed by atoms with Crippen LogP contribution in [-0.4, -0.2) is 18.5 Å². The third kappa shape index (κ3) is 4.35. The van der Waals surface area contributed by atoms with Gasteiger partial charge >= 0.3 is 0 Å². The minimum Gasteiger partial charge on any atom is -0.366 e. The van der Waals surface area contributed by atoms with Crippen molar-refractivity contribution in [1.82, 2.24) is 0 Å². The summed E-state index contributed by atoms with van der Waals surface area (Å²) in [5.41, 5.74) is 0.0967. The van der Waals surface area contributed by atoms with Crippen LogP contribution in [0.1, 0.15) is 43.5 Å². The minimum absolute atomic E-state index is 0.157. The molecule has 0 saturated carbocycles. The lowest BCUT2D eigenvalue weighted by molar-refractivity contribution is 0.0479. The van der Waals surface area contributed by atoms with Crippen LogP contribution in [0.2, 0.25) is 0 Å².